The predicted octanol–water partition coefficient (Wildman–Crippen LogP) is 4.04. The Balaban J connectivity index is 2.19. The van der Waals surface area contributed by atoms with Crippen LogP contribution in [0.25, 0.3) is 0 Å². The van der Waals surface area contributed by atoms with E-state index in [0.29, 0.717) is 0 Å². The average molecular weight is 163 g/mol. The van der Waals surface area contributed by atoms with Crippen LogP contribution in [0.2, 0.25) is 0 Å². The lowest BCUT2D eigenvalue weighted by Crippen LogP contribution is -1.78. The third-order valence-electron chi connectivity index (χ3n) is 2.22. The first-order chi connectivity index (χ1) is 6.00. The van der Waals surface area contributed by atoms with Gasteiger partial charge in [0.1, 0.15) is 0 Å². The molecule has 0 aromatic rings. The quantitative estimate of drug-likeness (QED) is 0.473. The normalized spacial score (nSPS) is 26.7. The molecule has 1 rings (SSSR count). The Hall–Kier alpha value is -0.520. The molecular formula is C12H19. The second-order valence-electron chi connectivity index (χ2n) is 3.41. The van der Waals surface area contributed by atoms with Crippen molar-refractivity contribution in [3.63, 3.8) is 0 Å². The summed E-state index contributed by atoms with van der Waals surface area (Å²) in [6.07, 6.45) is 20.5. The molecule has 0 unspecified atom stereocenters. The van der Waals surface area contributed by atoms with Crippen LogP contribution in [0, 0.1) is 6.08 Å². The summed E-state index contributed by atoms with van der Waals surface area (Å²) in [4.78, 5) is 0. The molecule has 0 saturated carbocycles. The fourth-order valence-electron chi connectivity index (χ4n) is 1.45. The van der Waals surface area contributed by atoms with Crippen molar-refractivity contribution in [2.75, 3.05) is 0 Å². The Morgan fingerprint density at radius 1 is 0.750 bits per heavy atom. The number of hydrogen-bond donors (Lipinski definition) is 0. The van der Waals surface area contributed by atoms with Crippen molar-refractivity contribution >= 4 is 0 Å². The minimum absolute atomic E-state index is 1.14. The molecule has 67 valence electrons. The largest absolute Gasteiger partial charge is 0.0885 e. The molecule has 0 amide bonds. The minimum atomic E-state index is 1.14. The summed E-state index contributed by atoms with van der Waals surface area (Å²) in [7, 11) is 0. The van der Waals surface area contributed by atoms with Crippen LogP contribution in [0.15, 0.2) is 18.2 Å². The molecular weight excluding hydrogens is 144 g/mol. The summed E-state index contributed by atoms with van der Waals surface area (Å²) in [5.74, 6) is 0. The monoisotopic (exact) mass is 163 g/mol. The Labute approximate surface area is 76.4 Å². The lowest BCUT2D eigenvalue weighted by molar-refractivity contribution is 0.689. The maximum Gasteiger partial charge on any atom is -0.0276 e. The molecule has 0 heterocycles. The molecule has 12 heavy (non-hydrogen) atoms. The molecule has 1 aliphatic rings. The van der Waals surface area contributed by atoms with Crippen LogP contribution in [0.4, 0.5) is 0 Å². The summed E-state index contributed by atoms with van der Waals surface area (Å²) in [6, 6.07) is 0. The molecule has 0 fully saturated rings. The third kappa shape index (κ3) is 5.17. The van der Waals surface area contributed by atoms with Crippen molar-refractivity contribution in [1.29, 1.82) is 0 Å². The molecule has 0 nitrogen and oxygen atoms in total. The van der Waals surface area contributed by atoms with E-state index in [4.69, 9.17) is 0 Å². The highest BCUT2D eigenvalue weighted by Gasteiger charge is 1.88. The van der Waals surface area contributed by atoms with Gasteiger partial charge in [-0.25, -0.2) is 0 Å². The van der Waals surface area contributed by atoms with Crippen molar-refractivity contribution < 1.29 is 0 Å². The summed E-state index contributed by atoms with van der Waals surface area (Å²) in [5, 5.41) is 0. The number of hydrogen-bond acceptors (Lipinski definition) is 0. The molecule has 0 N–H and O–H groups in total. The summed E-state index contributed by atoms with van der Waals surface area (Å²) >= 11 is 0. The van der Waals surface area contributed by atoms with Crippen LogP contribution in [-0.4, -0.2) is 0 Å². The number of allylic oxidation sites excluding steroid dienone is 4. The van der Waals surface area contributed by atoms with E-state index in [-0.39, 0.29) is 0 Å². The molecule has 0 heteroatoms. The summed E-state index contributed by atoms with van der Waals surface area (Å²) < 4.78 is 0. The second kappa shape index (κ2) is 7.15. The van der Waals surface area contributed by atoms with E-state index in [2.05, 4.69) is 24.3 Å². The average Bonchev–Trinajstić information content (AvgIpc) is 2.05. The molecule has 0 saturated heterocycles. The lowest BCUT2D eigenvalue weighted by Gasteiger charge is -1.97. The van der Waals surface area contributed by atoms with Crippen molar-refractivity contribution in [3.05, 3.63) is 24.3 Å². The van der Waals surface area contributed by atoms with Crippen LogP contribution in [0.1, 0.15) is 51.4 Å². The van der Waals surface area contributed by atoms with E-state index in [1.54, 1.807) is 0 Å². The highest BCUT2D eigenvalue weighted by Crippen LogP contribution is 2.07. The summed E-state index contributed by atoms with van der Waals surface area (Å²) in [5.41, 5.74) is 0. The van der Waals surface area contributed by atoms with Gasteiger partial charge in [0.15, 0.2) is 0 Å². The van der Waals surface area contributed by atoms with Crippen molar-refractivity contribution in [2.24, 2.45) is 0 Å². The standard InChI is InChI=1S/C12H19/c1-2-4-6-8-10-12-11-9-7-5-3-1/h1-2,12H,3-9,11H2/b2-1+,12-10?. The zero-order valence-electron chi connectivity index (χ0n) is 7.89. The van der Waals surface area contributed by atoms with E-state index < -0.39 is 0 Å². The van der Waals surface area contributed by atoms with Gasteiger partial charge in [0, 0.05) is 0 Å². The van der Waals surface area contributed by atoms with Crippen molar-refractivity contribution in [1.82, 2.24) is 0 Å². The van der Waals surface area contributed by atoms with Crippen LogP contribution in [0.5, 0.6) is 0 Å². The highest BCUT2D eigenvalue weighted by atomic mass is 13.9. The van der Waals surface area contributed by atoms with E-state index in [9.17, 15) is 0 Å². The zero-order valence-corrected chi connectivity index (χ0v) is 7.89. The SMILES string of the molecule is [C]1=C\CCCCC/C=C/CCC/1. The van der Waals surface area contributed by atoms with Gasteiger partial charge in [-0.15, -0.1) is 0 Å². The molecule has 1 radical (unpaired) electrons. The van der Waals surface area contributed by atoms with E-state index in [0.717, 1.165) is 6.42 Å². The van der Waals surface area contributed by atoms with Crippen LogP contribution in [-0.2, 0) is 0 Å². The molecule has 1 aliphatic carbocycles. The fraction of sp³-hybridized carbons (Fsp3) is 0.667. The van der Waals surface area contributed by atoms with Gasteiger partial charge in [-0.1, -0.05) is 24.6 Å². The predicted molar refractivity (Wildman–Crippen MR) is 53.9 cm³/mol. The third-order valence-corrected chi connectivity index (χ3v) is 2.22. The Morgan fingerprint density at radius 3 is 2.42 bits per heavy atom. The van der Waals surface area contributed by atoms with Gasteiger partial charge in [0.25, 0.3) is 0 Å². The first-order valence-electron chi connectivity index (χ1n) is 5.20. The topological polar surface area (TPSA) is 0 Å². The fourth-order valence-corrected chi connectivity index (χ4v) is 1.45. The molecule has 0 aromatic carbocycles. The van der Waals surface area contributed by atoms with Gasteiger partial charge in [-0.2, -0.15) is 0 Å². The maximum absolute atomic E-state index is 3.34. The highest BCUT2D eigenvalue weighted by molar-refractivity contribution is 4.83. The molecule has 0 bridgehead atoms. The lowest BCUT2D eigenvalue weighted by atomic mass is 10.1. The number of rotatable bonds is 0. The molecule has 0 aliphatic heterocycles. The molecule has 0 spiro atoms. The maximum atomic E-state index is 3.34. The first-order valence-corrected chi connectivity index (χ1v) is 5.20. The van der Waals surface area contributed by atoms with Gasteiger partial charge < -0.3 is 0 Å². The summed E-state index contributed by atoms with van der Waals surface area (Å²) in [6.45, 7) is 0. The van der Waals surface area contributed by atoms with Gasteiger partial charge in [-0.05, 0) is 51.0 Å². The van der Waals surface area contributed by atoms with E-state index in [1.165, 1.54) is 44.9 Å². The van der Waals surface area contributed by atoms with Gasteiger partial charge >= 0.3 is 0 Å². The van der Waals surface area contributed by atoms with Gasteiger partial charge in [0.2, 0.25) is 0 Å². The van der Waals surface area contributed by atoms with Crippen LogP contribution >= 0.6 is 0 Å². The Bertz CT molecular complexity index is 126. The Kier molecular flexibility index (Phi) is 5.70. The second-order valence-corrected chi connectivity index (χ2v) is 3.41. The van der Waals surface area contributed by atoms with Crippen LogP contribution < -0.4 is 0 Å². The minimum Gasteiger partial charge on any atom is -0.0885 e. The molecule has 0 atom stereocenters. The Morgan fingerprint density at radius 2 is 1.50 bits per heavy atom. The van der Waals surface area contributed by atoms with Gasteiger partial charge in [0.05, 0.1) is 0 Å². The van der Waals surface area contributed by atoms with Crippen LogP contribution in [0.3, 0.4) is 0 Å². The van der Waals surface area contributed by atoms with E-state index >= 15 is 0 Å². The smallest absolute Gasteiger partial charge is 0.0276 e. The molecule has 0 aromatic heterocycles. The van der Waals surface area contributed by atoms with Gasteiger partial charge in [-0.3, -0.25) is 0 Å². The van der Waals surface area contributed by atoms with E-state index in [1.807, 2.05) is 0 Å². The zero-order chi connectivity index (χ0) is 8.49. The van der Waals surface area contributed by atoms with Crippen molar-refractivity contribution in [2.45, 2.75) is 51.4 Å². The first kappa shape index (κ1) is 9.57. The van der Waals surface area contributed by atoms with Crippen molar-refractivity contribution in [3.8, 4) is 0 Å².